The van der Waals surface area contributed by atoms with Crippen LogP contribution < -0.4 is 5.32 Å². The smallest absolute Gasteiger partial charge is 0.231 e. The molecule has 0 bridgehead atoms. The maximum atomic E-state index is 12.2. The van der Waals surface area contributed by atoms with E-state index in [-0.39, 0.29) is 17.9 Å². The van der Waals surface area contributed by atoms with Crippen molar-refractivity contribution in [3.63, 3.8) is 0 Å². The molecule has 2 unspecified atom stereocenters. The quantitative estimate of drug-likeness (QED) is 0.866. The highest BCUT2D eigenvalue weighted by molar-refractivity contribution is 5.93. The van der Waals surface area contributed by atoms with Gasteiger partial charge in [-0.15, -0.1) is 0 Å². The number of ether oxygens (including phenoxy) is 1. The molecule has 2 heterocycles. The van der Waals surface area contributed by atoms with Crippen LogP contribution in [0.2, 0.25) is 0 Å². The molecule has 1 amide bonds. The molecule has 1 aliphatic heterocycles. The van der Waals surface area contributed by atoms with Gasteiger partial charge in [-0.2, -0.15) is 10.4 Å². The average molecular weight is 248 g/mol. The first kappa shape index (κ1) is 12.6. The van der Waals surface area contributed by atoms with Gasteiger partial charge in [0.15, 0.2) is 0 Å². The minimum absolute atomic E-state index is 0.0243. The van der Waals surface area contributed by atoms with Crippen LogP contribution in [0.1, 0.15) is 25.3 Å². The highest BCUT2D eigenvalue weighted by Crippen LogP contribution is 2.25. The molecule has 2 rings (SSSR count). The first-order chi connectivity index (χ1) is 8.67. The first-order valence-corrected chi connectivity index (χ1v) is 6.02. The molecule has 6 nitrogen and oxygen atoms in total. The summed E-state index contributed by atoms with van der Waals surface area (Å²) in [5, 5.41) is 15.7. The van der Waals surface area contributed by atoms with E-state index < -0.39 is 0 Å². The van der Waals surface area contributed by atoms with Gasteiger partial charge in [0, 0.05) is 13.7 Å². The van der Waals surface area contributed by atoms with E-state index in [1.807, 2.05) is 13.0 Å². The van der Waals surface area contributed by atoms with E-state index in [4.69, 9.17) is 10.00 Å². The molecule has 0 aliphatic carbocycles. The third-order valence-corrected chi connectivity index (χ3v) is 3.25. The van der Waals surface area contributed by atoms with Gasteiger partial charge in [-0.05, 0) is 12.8 Å². The number of nitrogens with zero attached hydrogens (tertiary/aromatic N) is 3. The van der Waals surface area contributed by atoms with Crippen LogP contribution in [0.5, 0.6) is 0 Å². The Morgan fingerprint density at radius 3 is 3.22 bits per heavy atom. The highest BCUT2D eigenvalue weighted by atomic mass is 16.5. The number of amides is 1. The van der Waals surface area contributed by atoms with Crippen molar-refractivity contribution in [3.05, 3.63) is 11.8 Å². The lowest BCUT2D eigenvalue weighted by atomic mass is 9.99. The Kier molecular flexibility index (Phi) is 3.63. The second-order valence-electron chi connectivity index (χ2n) is 4.34. The summed E-state index contributed by atoms with van der Waals surface area (Å²) in [7, 11) is 1.69. The van der Waals surface area contributed by atoms with Crippen LogP contribution in [0.3, 0.4) is 0 Å². The summed E-state index contributed by atoms with van der Waals surface area (Å²) in [5.41, 5.74) is 0.373. The number of nitrogens with one attached hydrogen (secondary N) is 1. The number of rotatable bonds is 3. The summed E-state index contributed by atoms with van der Waals surface area (Å²) in [6.45, 7) is 2.62. The van der Waals surface area contributed by atoms with Crippen molar-refractivity contribution >= 4 is 11.7 Å². The van der Waals surface area contributed by atoms with Crippen LogP contribution >= 0.6 is 0 Å². The predicted octanol–water partition coefficient (Wildman–Crippen LogP) is 1.05. The lowest BCUT2D eigenvalue weighted by Crippen LogP contribution is -2.30. The second kappa shape index (κ2) is 5.19. The molecule has 1 aromatic rings. The summed E-state index contributed by atoms with van der Waals surface area (Å²) < 4.78 is 6.99. The van der Waals surface area contributed by atoms with Gasteiger partial charge >= 0.3 is 0 Å². The van der Waals surface area contributed by atoms with Gasteiger partial charge in [-0.3, -0.25) is 9.48 Å². The van der Waals surface area contributed by atoms with Crippen LogP contribution in [0.4, 0.5) is 5.82 Å². The Labute approximate surface area is 106 Å². The molecule has 0 radical (unpaired) electrons. The third-order valence-electron chi connectivity index (χ3n) is 3.25. The number of aromatic nitrogens is 2. The maximum Gasteiger partial charge on any atom is 0.231 e. The summed E-state index contributed by atoms with van der Waals surface area (Å²) in [6, 6.07) is 2.01. The zero-order valence-corrected chi connectivity index (χ0v) is 10.5. The Morgan fingerprint density at radius 2 is 2.56 bits per heavy atom. The van der Waals surface area contributed by atoms with Gasteiger partial charge in [-0.1, -0.05) is 6.92 Å². The van der Waals surface area contributed by atoms with Crippen LogP contribution in [-0.2, 0) is 16.6 Å². The van der Waals surface area contributed by atoms with Crippen LogP contribution in [-0.4, -0.2) is 28.4 Å². The molecule has 0 saturated carbocycles. The molecule has 1 N–H and O–H groups in total. The number of anilines is 1. The van der Waals surface area contributed by atoms with E-state index >= 15 is 0 Å². The molecule has 6 heteroatoms. The fourth-order valence-electron chi connectivity index (χ4n) is 2.23. The van der Waals surface area contributed by atoms with Crippen molar-refractivity contribution in [2.75, 3.05) is 11.9 Å². The SMILES string of the molecule is CCC1OCCC1C(=O)Nc1c(C#N)cnn1C. The van der Waals surface area contributed by atoms with Gasteiger partial charge in [0.25, 0.3) is 0 Å². The van der Waals surface area contributed by atoms with E-state index in [0.717, 1.165) is 12.8 Å². The van der Waals surface area contributed by atoms with Gasteiger partial charge in [-0.25, -0.2) is 0 Å². The number of nitriles is 1. The number of carbonyl (C=O) groups excluding carboxylic acids is 1. The van der Waals surface area contributed by atoms with Crippen molar-refractivity contribution in [3.8, 4) is 6.07 Å². The molecule has 96 valence electrons. The van der Waals surface area contributed by atoms with E-state index in [1.54, 1.807) is 7.05 Å². The van der Waals surface area contributed by atoms with Crippen LogP contribution in [0.15, 0.2) is 6.20 Å². The molecule has 1 fully saturated rings. The van der Waals surface area contributed by atoms with Gasteiger partial charge in [0.2, 0.25) is 5.91 Å². The van der Waals surface area contributed by atoms with Gasteiger partial charge < -0.3 is 10.1 Å². The largest absolute Gasteiger partial charge is 0.377 e. The molecule has 1 aliphatic rings. The Balaban J connectivity index is 2.12. The molecular formula is C12H16N4O2. The molecule has 2 atom stereocenters. The summed E-state index contributed by atoms with van der Waals surface area (Å²) >= 11 is 0. The average Bonchev–Trinajstić information content (AvgIpc) is 2.97. The van der Waals surface area contributed by atoms with E-state index in [1.165, 1.54) is 10.9 Å². The summed E-state index contributed by atoms with van der Waals surface area (Å²) in [5.74, 6) is 0.208. The highest BCUT2D eigenvalue weighted by Gasteiger charge is 2.33. The van der Waals surface area contributed by atoms with Crippen molar-refractivity contribution in [2.24, 2.45) is 13.0 Å². The number of aryl methyl sites for hydroxylation is 1. The molecule has 0 spiro atoms. The van der Waals surface area contributed by atoms with Crippen molar-refractivity contribution in [1.82, 2.24) is 9.78 Å². The minimum atomic E-state index is -0.142. The number of hydrogen-bond donors (Lipinski definition) is 1. The zero-order valence-electron chi connectivity index (χ0n) is 10.5. The topological polar surface area (TPSA) is 79.9 Å². The molecule has 1 aromatic heterocycles. The Hall–Kier alpha value is -1.87. The maximum absolute atomic E-state index is 12.2. The Morgan fingerprint density at radius 1 is 1.78 bits per heavy atom. The molecule has 1 saturated heterocycles. The van der Waals surface area contributed by atoms with Crippen LogP contribution in [0.25, 0.3) is 0 Å². The van der Waals surface area contributed by atoms with Gasteiger partial charge in [0.05, 0.1) is 18.2 Å². The van der Waals surface area contributed by atoms with Crippen molar-refractivity contribution in [1.29, 1.82) is 5.26 Å². The predicted molar refractivity (Wildman–Crippen MR) is 64.7 cm³/mol. The standard InChI is InChI=1S/C12H16N4O2/c1-3-10-9(4-5-18-10)12(17)15-11-8(6-13)7-14-16(11)2/h7,9-10H,3-5H2,1-2H3,(H,15,17). The summed E-state index contributed by atoms with van der Waals surface area (Å²) in [4.78, 5) is 12.2. The van der Waals surface area contributed by atoms with E-state index in [9.17, 15) is 4.79 Å². The van der Waals surface area contributed by atoms with Crippen LogP contribution in [0, 0.1) is 17.2 Å². The Bertz CT molecular complexity index is 489. The fraction of sp³-hybridized carbons (Fsp3) is 0.583. The fourth-order valence-corrected chi connectivity index (χ4v) is 2.23. The monoisotopic (exact) mass is 248 g/mol. The molecule has 0 aromatic carbocycles. The lowest BCUT2D eigenvalue weighted by Gasteiger charge is -2.16. The second-order valence-corrected chi connectivity index (χ2v) is 4.34. The zero-order chi connectivity index (χ0) is 13.1. The van der Waals surface area contributed by atoms with E-state index in [2.05, 4.69) is 10.4 Å². The third kappa shape index (κ3) is 2.22. The normalized spacial score (nSPS) is 22.7. The lowest BCUT2D eigenvalue weighted by molar-refractivity contribution is -0.121. The molecular weight excluding hydrogens is 232 g/mol. The first-order valence-electron chi connectivity index (χ1n) is 6.02. The minimum Gasteiger partial charge on any atom is -0.377 e. The number of hydrogen-bond acceptors (Lipinski definition) is 4. The van der Waals surface area contributed by atoms with Crippen molar-refractivity contribution in [2.45, 2.75) is 25.9 Å². The van der Waals surface area contributed by atoms with Gasteiger partial charge in [0.1, 0.15) is 17.5 Å². The summed E-state index contributed by atoms with van der Waals surface area (Å²) in [6.07, 6.45) is 2.96. The number of carbonyl (C=O) groups is 1. The molecule has 18 heavy (non-hydrogen) atoms. The van der Waals surface area contributed by atoms with E-state index in [0.29, 0.717) is 18.0 Å². The van der Waals surface area contributed by atoms with Crippen molar-refractivity contribution < 1.29 is 9.53 Å².